The van der Waals surface area contributed by atoms with Crippen LogP contribution in [0.15, 0.2) is 100 Å². The summed E-state index contributed by atoms with van der Waals surface area (Å²) < 4.78 is 0. The van der Waals surface area contributed by atoms with Gasteiger partial charge in [0.25, 0.3) is 0 Å². The summed E-state index contributed by atoms with van der Waals surface area (Å²) in [5, 5.41) is 15.7. The molecule has 0 saturated carbocycles. The molecule has 3 aromatic rings. The number of nitrogens with zero attached hydrogens (tertiary/aromatic N) is 3. The number of azo groups is 1. The van der Waals surface area contributed by atoms with Gasteiger partial charge in [0.05, 0.1) is 11.4 Å². The maximum Gasteiger partial charge on any atom is 0.221 e. The predicted octanol–water partition coefficient (Wildman–Crippen LogP) is 5.20. The SMILES string of the molecule is CC(=O)Nc1ccc(/C(N=Nc2ccccc2)=N/Nc2ccccc2)cc1. The van der Waals surface area contributed by atoms with Crippen molar-refractivity contribution >= 4 is 28.8 Å². The summed E-state index contributed by atoms with van der Waals surface area (Å²) in [5.74, 6) is 0.309. The second-order valence-electron chi connectivity index (χ2n) is 5.71. The molecule has 0 heterocycles. The van der Waals surface area contributed by atoms with E-state index in [2.05, 4.69) is 26.1 Å². The summed E-state index contributed by atoms with van der Waals surface area (Å²) in [6.45, 7) is 1.47. The van der Waals surface area contributed by atoms with Crippen molar-refractivity contribution in [1.82, 2.24) is 0 Å². The lowest BCUT2D eigenvalue weighted by atomic mass is 10.2. The molecule has 0 radical (unpaired) electrons. The lowest BCUT2D eigenvalue weighted by Gasteiger charge is -2.05. The zero-order valence-corrected chi connectivity index (χ0v) is 14.8. The molecule has 0 bridgehead atoms. The summed E-state index contributed by atoms with van der Waals surface area (Å²) in [6, 6.07) is 26.3. The molecule has 6 nitrogen and oxygen atoms in total. The van der Waals surface area contributed by atoms with Gasteiger partial charge in [-0.25, -0.2) is 0 Å². The molecule has 27 heavy (non-hydrogen) atoms. The molecule has 0 unspecified atom stereocenters. The number of hydrogen-bond acceptors (Lipinski definition) is 4. The van der Waals surface area contributed by atoms with Crippen LogP contribution < -0.4 is 10.7 Å². The van der Waals surface area contributed by atoms with Crippen LogP contribution in [0.2, 0.25) is 0 Å². The Morgan fingerprint density at radius 3 is 2.04 bits per heavy atom. The van der Waals surface area contributed by atoms with Crippen molar-refractivity contribution in [2.24, 2.45) is 15.3 Å². The molecule has 0 saturated heterocycles. The molecule has 1 amide bonds. The van der Waals surface area contributed by atoms with Gasteiger partial charge in [0, 0.05) is 18.2 Å². The lowest BCUT2D eigenvalue weighted by molar-refractivity contribution is -0.114. The molecule has 0 aromatic heterocycles. The Balaban J connectivity index is 1.86. The van der Waals surface area contributed by atoms with Crippen LogP contribution in [-0.4, -0.2) is 11.7 Å². The van der Waals surface area contributed by atoms with Gasteiger partial charge >= 0.3 is 0 Å². The van der Waals surface area contributed by atoms with E-state index in [1.165, 1.54) is 6.92 Å². The average Bonchev–Trinajstić information content (AvgIpc) is 2.70. The Bertz CT molecular complexity index is 935. The number of carbonyl (C=O) groups is 1. The minimum atomic E-state index is -0.119. The predicted molar refractivity (Wildman–Crippen MR) is 108 cm³/mol. The van der Waals surface area contributed by atoms with Crippen molar-refractivity contribution in [3.05, 3.63) is 90.5 Å². The minimum Gasteiger partial charge on any atom is -0.326 e. The van der Waals surface area contributed by atoms with Crippen molar-refractivity contribution in [3.8, 4) is 0 Å². The number of para-hydroxylation sites is 1. The van der Waals surface area contributed by atoms with Gasteiger partial charge in [0.1, 0.15) is 0 Å². The van der Waals surface area contributed by atoms with E-state index in [4.69, 9.17) is 0 Å². The monoisotopic (exact) mass is 357 g/mol. The number of rotatable bonds is 5. The largest absolute Gasteiger partial charge is 0.326 e. The van der Waals surface area contributed by atoms with Gasteiger partial charge < -0.3 is 5.32 Å². The van der Waals surface area contributed by atoms with E-state index >= 15 is 0 Å². The quantitative estimate of drug-likeness (QED) is 0.285. The summed E-state index contributed by atoms with van der Waals surface area (Å²) in [7, 11) is 0. The standard InChI is InChI=1S/C21H19N5O/c1-16(27)22-18-14-12-17(13-15-18)21(25-23-19-8-4-2-5-9-19)26-24-20-10-6-3-7-11-20/h2-15,23H,1H3,(H,22,27)/b25-21-,26-24?. The van der Waals surface area contributed by atoms with Crippen molar-refractivity contribution in [1.29, 1.82) is 0 Å². The van der Waals surface area contributed by atoms with Crippen molar-refractivity contribution in [3.63, 3.8) is 0 Å². The number of nitrogens with one attached hydrogen (secondary N) is 2. The van der Waals surface area contributed by atoms with Crippen LogP contribution in [0.1, 0.15) is 12.5 Å². The zero-order valence-electron chi connectivity index (χ0n) is 14.8. The number of amidine groups is 1. The second kappa shape index (κ2) is 9.05. The average molecular weight is 357 g/mol. The Morgan fingerprint density at radius 2 is 1.41 bits per heavy atom. The molecule has 3 aromatic carbocycles. The van der Waals surface area contributed by atoms with Gasteiger partial charge in [0.2, 0.25) is 11.7 Å². The van der Waals surface area contributed by atoms with Crippen LogP contribution in [0.3, 0.4) is 0 Å². The molecule has 0 aliphatic carbocycles. The minimum absolute atomic E-state index is 0.119. The molecule has 0 aliphatic heterocycles. The topological polar surface area (TPSA) is 78.2 Å². The van der Waals surface area contributed by atoms with Gasteiger partial charge in [-0.2, -0.15) is 5.10 Å². The third-order valence-corrected chi connectivity index (χ3v) is 3.54. The second-order valence-corrected chi connectivity index (χ2v) is 5.71. The van der Waals surface area contributed by atoms with E-state index in [0.29, 0.717) is 11.5 Å². The van der Waals surface area contributed by atoms with E-state index in [1.807, 2.05) is 72.8 Å². The number of benzene rings is 3. The third kappa shape index (κ3) is 5.61. The Hall–Kier alpha value is -3.80. The normalized spacial score (nSPS) is 11.4. The van der Waals surface area contributed by atoms with E-state index in [1.54, 1.807) is 12.1 Å². The molecule has 0 spiro atoms. The Morgan fingerprint density at radius 1 is 0.778 bits per heavy atom. The van der Waals surface area contributed by atoms with Crippen molar-refractivity contribution in [2.45, 2.75) is 6.92 Å². The number of amides is 1. The van der Waals surface area contributed by atoms with Crippen LogP contribution in [0.4, 0.5) is 17.1 Å². The van der Waals surface area contributed by atoms with Gasteiger partial charge in [-0.05, 0) is 48.5 Å². The Labute approximate surface area is 157 Å². The first kappa shape index (κ1) is 18.0. The highest BCUT2D eigenvalue weighted by Crippen LogP contribution is 2.15. The summed E-state index contributed by atoms with van der Waals surface area (Å²) >= 11 is 0. The van der Waals surface area contributed by atoms with Crippen LogP contribution in [0.25, 0.3) is 0 Å². The molecular weight excluding hydrogens is 338 g/mol. The fourth-order valence-corrected chi connectivity index (χ4v) is 2.28. The van der Waals surface area contributed by atoms with E-state index < -0.39 is 0 Å². The zero-order chi connectivity index (χ0) is 18.9. The summed E-state index contributed by atoms with van der Waals surface area (Å²) in [5.41, 5.74) is 6.05. The molecule has 0 atom stereocenters. The summed E-state index contributed by atoms with van der Waals surface area (Å²) in [4.78, 5) is 11.2. The number of anilines is 2. The third-order valence-electron chi connectivity index (χ3n) is 3.54. The molecule has 2 N–H and O–H groups in total. The molecule has 134 valence electrons. The molecule has 6 heteroatoms. The van der Waals surface area contributed by atoms with Gasteiger partial charge in [0.15, 0.2) is 0 Å². The van der Waals surface area contributed by atoms with Crippen molar-refractivity contribution < 1.29 is 4.79 Å². The molecule has 0 aliphatic rings. The highest BCUT2D eigenvalue weighted by Gasteiger charge is 2.04. The van der Waals surface area contributed by atoms with Crippen LogP contribution in [0.5, 0.6) is 0 Å². The molecular formula is C21H19N5O. The maximum absolute atomic E-state index is 11.2. The van der Waals surface area contributed by atoms with E-state index in [-0.39, 0.29) is 5.91 Å². The maximum atomic E-state index is 11.2. The first-order valence-corrected chi connectivity index (χ1v) is 8.44. The fourth-order valence-electron chi connectivity index (χ4n) is 2.28. The molecule has 3 rings (SSSR count). The number of hydrazone groups is 1. The van der Waals surface area contributed by atoms with E-state index in [0.717, 1.165) is 16.9 Å². The fraction of sp³-hybridized carbons (Fsp3) is 0.0476. The van der Waals surface area contributed by atoms with Gasteiger partial charge in [-0.15, -0.1) is 10.2 Å². The highest BCUT2D eigenvalue weighted by atomic mass is 16.1. The highest BCUT2D eigenvalue weighted by molar-refractivity contribution is 6.00. The first-order valence-electron chi connectivity index (χ1n) is 8.44. The van der Waals surface area contributed by atoms with Crippen LogP contribution >= 0.6 is 0 Å². The van der Waals surface area contributed by atoms with E-state index in [9.17, 15) is 4.79 Å². The summed E-state index contributed by atoms with van der Waals surface area (Å²) in [6.07, 6.45) is 0. The van der Waals surface area contributed by atoms with Gasteiger partial charge in [-0.1, -0.05) is 36.4 Å². The smallest absolute Gasteiger partial charge is 0.221 e. The van der Waals surface area contributed by atoms with Crippen LogP contribution in [-0.2, 0) is 4.79 Å². The number of carbonyl (C=O) groups excluding carboxylic acids is 1. The molecule has 0 fully saturated rings. The van der Waals surface area contributed by atoms with Crippen LogP contribution in [0, 0.1) is 0 Å². The number of hydrogen-bond donors (Lipinski definition) is 2. The van der Waals surface area contributed by atoms with Gasteiger partial charge in [-0.3, -0.25) is 10.2 Å². The van der Waals surface area contributed by atoms with Crippen molar-refractivity contribution in [2.75, 3.05) is 10.7 Å². The first-order chi connectivity index (χ1) is 13.2. The Kier molecular flexibility index (Phi) is 6.04. The lowest BCUT2D eigenvalue weighted by Crippen LogP contribution is -2.06.